The van der Waals surface area contributed by atoms with Gasteiger partial charge in [-0.25, -0.2) is 0 Å². The fourth-order valence-electron chi connectivity index (χ4n) is 2.03. The van der Waals surface area contributed by atoms with E-state index >= 15 is 0 Å². The molecule has 1 radical (unpaired) electrons. The molecule has 17 heavy (non-hydrogen) atoms. The second-order valence-electron chi connectivity index (χ2n) is 4.15. The van der Waals surface area contributed by atoms with Gasteiger partial charge in [-0.1, -0.05) is 12.1 Å². The van der Waals surface area contributed by atoms with Crippen LogP contribution in [0.1, 0.15) is 10.4 Å². The number of aliphatic hydroxyl groups excluding tert-OH is 1. The van der Waals surface area contributed by atoms with E-state index in [0.29, 0.717) is 6.54 Å². The standard InChI is InChI=1S/C13H17N2O2/c16-11-10-14-6-8-15(9-7-14)13(17)12-4-2-1-3-5-12/h2-5,16H,6-11H2. The monoisotopic (exact) mass is 233 g/mol. The number of hydrogen-bond donors (Lipinski definition) is 1. The van der Waals surface area contributed by atoms with Crippen LogP contribution in [0.25, 0.3) is 0 Å². The van der Waals surface area contributed by atoms with Crippen LogP contribution in [0, 0.1) is 6.07 Å². The summed E-state index contributed by atoms with van der Waals surface area (Å²) in [4.78, 5) is 16.1. The minimum Gasteiger partial charge on any atom is -0.395 e. The lowest BCUT2D eigenvalue weighted by Gasteiger charge is -2.34. The van der Waals surface area contributed by atoms with Crippen molar-refractivity contribution in [1.29, 1.82) is 0 Å². The van der Waals surface area contributed by atoms with Gasteiger partial charge < -0.3 is 10.0 Å². The number of piperazine rings is 1. The van der Waals surface area contributed by atoms with E-state index in [1.54, 1.807) is 24.3 Å². The minimum absolute atomic E-state index is 0.0858. The Bertz CT molecular complexity index is 359. The van der Waals surface area contributed by atoms with Crippen molar-refractivity contribution in [1.82, 2.24) is 9.80 Å². The normalized spacial score (nSPS) is 17.1. The summed E-state index contributed by atoms with van der Waals surface area (Å²) in [5.41, 5.74) is 0.722. The average Bonchev–Trinajstić information content (AvgIpc) is 2.40. The van der Waals surface area contributed by atoms with Gasteiger partial charge >= 0.3 is 0 Å². The van der Waals surface area contributed by atoms with Crippen LogP contribution in [0.4, 0.5) is 0 Å². The molecule has 2 rings (SSSR count). The fraction of sp³-hybridized carbons (Fsp3) is 0.462. The third-order valence-corrected chi connectivity index (χ3v) is 3.04. The molecule has 1 amide bonds. The zero-order chi connectivity index (χ0) is 12.1. The molecule has 0 unspecified atom stereocenters. The van der Waals surface area contributed by atoms with Gasteiger partial charge in [0.25, 0.3) is 5.91 Å². The smallest absolute Gasteiger partial charge is 0.253 e. The van der Waals surface area contributed by atoms with E-state index in [4.69, 9.17) is 5.11 Å². The molecule has 1 aliphatic heterocycles. The van der Waals surface area contributed by atoms with Crippen LogP contribution < -0.4 is 0 Å². The summed E-state index contributed by atoms with van der Waals surface area (Å²) in [5, 5.41) is 8.85. The first kappa shape index (κ1) is 12.1. The molecule has 1 heterocycles. The molecule has 1 aromatic rings. The van der Waals surface area contributed by atoms with Crippen LogP contribution in [0.15, 0.2) is 24.3 Å². The SMILES string of the molecule is O=C(c1cc[c]cc1)N1CCN(CCO)CC1. The van der Waals surface area contributed by atoms with Crippen molar-refractivity contribution in [2.45, 2.75) is 0 Å². The van der Waals surface area contributed by atoms with Gasteiger partial charge in [-0.2, -0.15) is 0 Å². The quantitative estimate of drug-likeness (QED) is 0.813. The lowest BCUT2D eigenvalue weighted by molar-refractivity contribution is 0.0615. The Balaban J connectivity index is 1.91. The van der Waals surface area contributed by atoms with Crippen molar-refractivity contribution in [3.8, 4) is 0 Å². The fourth-order valence-corrected chi connectivity index (χ4v) is 2.03. The molecule has 0 spiro atoms. The first-order valence-electron chi connectivity index (χ1n) is 5.90. The van der Waals surface area contributed by atoms with Crippen LogP contribution >= 0.6 is 0 Å². The molecule has 4 heteroatoms. The molecule has 91 valence electrons. The summed E-state index contributed by atoms with van der Waals surface area (Å²) < 4.78 is 0. The zero-order valence-corrected chi connectivity index (χ0v) is 9.80. The molecule has 0 saturated carbocycles. The Hall–Kier alpha value is -1.39. The van der Waals surface area contributed by atoms with E-state index in [1.165, 1.54) is 0 Å². The van der Waals surface area contributed by atoms with Crippen molar-refractivity contribution in [3.05, 3.63) is 35.9 Å². The van der Waals surface area contributed by atoms with Gasteiger partial charge in [0, 0.05) is 38.3 Å². The van der Waals surface area contributed by atoms with Crippen molar-refractivity contribution >= 4 is 5.91 Å². The Kier molecular flexibility index (Phi) is 4.12. The zero-order valence-electron chi connectivity index (χ0n) is 9.80. The van der Waals surface area contributed by atoms with Gasteiger partial charge in [0.2, 0.25) is 0 Å². The second kappa shape index (κ2) is 5.80. The van der Waals surface area contributed by atoms with E-state index < -0.39 is 0 Å². The molecule has 1 fully saturated rings. The highest BCUT2D eigenvalue weighted by Gasteiger charge is 2.21. The predicted octanol–water partition coefficient (Wildman–Crippen LogP) is 0.237. The number of hydrogen-bond acceptors (Lipinski definition) is 3. The summed E-state index contributed by atoms with van der Waals surface area (Å²) in [7, 11) is 0. The van der Waals surface area contributed by atoms with E-state index in [1.807, 2.05) is 4.90 Å². The summed E-state index contributed by atoms with van der Waals surface area (Å²) in [6.45, 7) is 4.02. The van der Waals surface area contributed by atoms with Crippen LogP contribution in [-0.2, 0) is 0 Å². The number of carbonyl (C=O) groups is 1. The van der Waals surface area contributed by atoms with Crippen molar-refractivity contribution in [3.63, 3.8) is 0 Å². The largest absolute Gasteiger partial charge is 0.395 e. The third-order valence-electron chi connectivity index (χ3n) is 3.04. The van der Waals surface area contributed by atoms with E-state index in [9.17, 15) is 4.79 Å². The van der Waals surface area contributed by atoms with Crippen molar-refractivity contribution < 1.29 is 9.90 Å². The first-order chi connectivity index (χ1) is 8.31. The summed E-state index contributed by atoms with van der Waals surface area (Å²) in [6.07, 6.45) is 0. The second-order valence-corrected chi connectivity index (χ2v) is 4.15. The highest BCUT2D eigenvalue weighted by molar-refractivity contribution is 5.94. The predicted molar refractivity (Wildman–Crippen MR) is 64.7 cm³/mol. The number of benzene rings is 1. The number of rotatable bonds is 3. The molecule has 1 aliphatic rings. The topological polar surface area (TPSA) is 43.8 Å². The lowest BCUT2D eigenvalue weighted by Crippen LogP contribution is -2.49. The molecular formula is C13H17N2O2. The maximum absolute atomic E-state index is 12.1. The van der Waals surface area contributed by atoms with Crippen molar-refractivity contribution in [2.75, 3.05) is 39.3 Å². The van der Waals surface area contributed by atoms with Crippen molar-refractivity contribution in [2.24, 2.45) is 0 Å². The number of amides is 1. The van der Waals surface area contributed by atoms with Gasteiger partial charge in [-0.15, -0.1) is 0 Å². The number of carbonyl (C=O) groups excluding carboxylic acids is 1. The summed E-state index contributed by atoms with van der Waals surface area (Å²) in [6, 6.07) is 10.0. The number of β-amino-alcohol motifs (C(OH)–C–C–N with tert-alkyl or cyclic N) is 1. The van der Waals surface area contributed by atoms with E-state index in [-0.39, 0.29) is 12.5 Å². The number of aliphatic hydroxyl groups is 1. The molecule has 0 aliphatic carbocycles. The van der Waals surface area contributed by atoms with E-state index in [0.717, 1.165) is 31.7 Å². The average molecular weight is 233 g/mol. The molecule has 0 aromatic heterocycles. The van der Waals surface area contributed by atoms with E-state index in [2.05, 4.69) is 11.0 Å². The minimum atomic E-state index is 0.0858. The van der Waals surface area contributed by atoms with Gasteiger partial charge in [0.1, 0.15) is 0 Å². The van der Waals surface area contributed by atoms with Gasteiger partial charge in [-0.05, 0) is 18.2 Å². The molecule has 1 aromatic carbocycles. The third kappa shape index (κ3) is 3.05. The first-order valence-corrected chi connectivity index (χ1v) is 5.90. The van der Waals surface area contributed by atoms with Gasteiger partial charge in [-0.3, -0.25) is 9.69 Å². The highest BCUT2D eigenvalue weighted by atomic mass is 16.3. The Labute approximate surface area is 101 Å². The van der Waals surface area contributed by atoms with Gasteiger partial charge in [0.15, 0.2) is 0 Å². The maximum atomic E-state index is 12.1. The summed E-state index contributed by atoms with van der Waals surface area (Å²) >= 11 is 0. The molecule has 1 N–H and O–H groups in total. The van der Waals surface area contributed by atoms with Crippen LogP contribution in [0.2, 0.25) is 0 Å². The Morgan fingerprint density at radius 1 is 1.24 bits per heavy atom. The van der Waals surface area contributed by atoms with Crippen LogP contribution in [-0.4, -0.2) is 60.1 Å². The molecule has 0 atom stereocenters. The Morgan fingerprint density at radius 2 is 1.88 bits per heavy atom. The summed E-state index contributed by atoms with van der Waals surface area (Å²) in [5.74, 6) is 0.0858. The van der Waals surface area contributed by atoms with Gasteiger partial charge in [0.05, 0.1) is 6.61 Å². The van der Waals surface area contributed by atoms with Crippen LogP contribution in [0.5, 0.6) is 0 Å². The highest BCUT2D eigenvalue weighted by Crippen LogP contribution is 2.08. The van der Waals surface area contributed by atoms with Crippen LogP contribution in [0.3, 0.4) is 0 Å². The lowest BCUT2D eigenvalue weighted by atomic mass is 10.2. The number of nitrogens with zero attached hydrogens (tertiary/aromatic N) is 2. The molecule has 0 bridgehead atoms. The Morgan fingerprint density at radius 3 is 2.47 bits per heavy atom. The molecule has 4 nitrogen and oxygen atoms in total. The molecular weight excluding hydrogens is 216 g/mol. The molecule has 1 saturated heterocycles. The maximum Gasteiger partial charge on any atom is 0.253 e.